The Bertz CT molecular complexity index is 998. The third kappa shape index (κ3) is 4.95. The maximum absolute atomic E-state index is 12.3. The van der Waals surface area contributed by atoms with Crippen molar-refractivity contribution in [3.05, 3.63) is 66.2 Å². The summed E-state index contributed by atoms with van der Waals surface area (Å²) in [5.41, 5.74) is 8.34. The summed E-state index contributed by atoms with van der Waals surface area (Å²) in [6.07, 6.45) is 9.43. The zero-order valence-electron chi connectivity index (χ0n) is 14.9. The number of nitrogens with two attached hydrogens (primary N) is 1. The number of nitrogens with one attached hydrogen (secondary N) is 2. The minimum atomic E-state index is -0.377. The Hall–Kier alpha value is -4.12. The summed E-state index contributed by atoms with van der Waals surface area (Å²) in [5, 5.41) is 6.01. The number of terminal acetylenes is 1. The van der Waals surface area contributed by atoms with Gasteiger partial charge in [0, 0.05) is 18.4 Å². The Morgan fingerprint density at radius 1 is 1.18 bits per heavy atom. The molecule has 4 N–H and O–H groups in total. The van der Waals surface area contributed by atoms with Crippen LogP contribution in [-0.4, -0.2) is 27.5 Å². The van der Waals surface area contributed by atoms with Gasteiger partial charge < -0.3 is 21.1 Å². The van der Waals surface area contributed by atoms with Crippen molar-refractivity contribution in [3.63, 3.8) is 0 Å². The molecule has 0 atom stereocenters. The van der Waals surface area contributed by atoms with Crippen LogP contribution < -0.4 is 21.1 Å². The number of hydrogen-bond acceptors (Lipinski definition) is 7. The van der Waals surface area contributed by atoms with Gasteiger partial charge in [0.1, 0.15) is 11.5 Å². The van der Waals surface area contributed by atoms with Gasteiger partial charge in [-0.2, -0.15) is 0 Å². The maximum atomic E-state index is 12.3. The molecule has 0 unspecified atom stereocenters. The number of pyridine rings is 1. The standard InChI is InChI=1S/C20H18N6O2/c1-2-9-28-18-13-24-17(12-25-18)20(27)26-15-6-3-5-14(10-15)11-23-16-7-4-8-22-19(16)21/h1,3-8,10,12-13,23H,9,11H2,(H2,21,22)(H,26,27). The van der Waals surface area contributed by atoms with Crippen LogP contribution in [0.5, 0.6) is 5.88 Å². The number of aromatic nitrogens is 3. The SMILES string of the molecule is C#CCOc1cnc(C(=O)Nc2cccc(CNc3cccnc3N)c2)cn1. The molecule has 0 bridgehead atoms. The second-order valence-corrected chi connectivity index (χ2v) is 5.68. The first-order chi connectivity index (χ1) is 13.7. The number of anilines is 3. The fraction of sp³-hybridized carbons (Fsp3) is 0.100. The molecule has 0 aliphatic rings. The summed E-state index contributed by atoms with van der Waals surface area (Å²) < 4.78 is 5.13. The van der Waals surface area contributed by atoms with E-state index >= 15 is 0 Å². The van der Waals surface area contributed by atoms with Crippen LogP contribution in [0.3, 0.4) is 0 Å². The van der Waals surface area contributed by atoms with Crippen LogP contribution in [-0.2, 0) is 6.54 Å². The Morgan fingerprint density at radius 3 is 2.82 bits per heavy atom. The minimum absolute atomic E-state index is 0.0890. The number of benzene rings is 1. The number of ether oxygens (including phenoxy) is 1. The molecule has 0 aliphatic carbocycles. The van der Waals surface area contributed by atoms with Crippen molar-refractivity contribution in [1.82, 2.24) is 15.0 Å². The second-order valence-electron chi connectivity index (χ2n) is 5.68. The van der Waals surface area contributed by atoms with E-state index in [2.05, 4.69) is 31.5 Å². The Morgan fingerprint density at radius 2 is 2.07 bits per heavy atom. The highest BCUT2D eigenvalue weighted by molar-refractivity contribution is 6.02. The molecule has 0 saturated heterocycles. The number of amides is 1. The van der Waals surface area contributed by atoms with Gasteiger partial charge in [-0.25, -0.2) is 15.0 Å². The summed E-state index contributed by atoms with van der Waals surface area (Å²) >= 11 is 0. The van der Waals surface area contributed by atoms with E-state index in [1.54, 1.807) is 18.3 Å². The first-order valence-electron chi connectivity index (χ1n) is 8.38. The highest BCUT2D eigenvalue weighted by Gasteiger charge is 2.09. The minimum Gasteiger partial charge on any atom is -0.463 e. The molecule has 3 aromatic rings. The third-order valence-corrected chi connectivity index (χ3v) is 3.67. The van der Waals surface area contributed by atoms with Crippen LogP contribution in [0.2, 0.25) is 0 Å². The average molecular weight is 374 g/mol. The van der Waals surface area contributed by atoms with Gasteiger partial charge in [0.15, 0.2) is 6.61 Å². The predicted molar refractivity (Wildman–Crippen MR) is 107 cm³/mol. The second kappa shape index (κ2) is 9.00. The molecule has 2 aromatic heterocycles. The van der Waals surface area contributed by atoms with Crippen molar-refractivity contribution < 1.29 is 9.53 Å². The van der Waals surface area contributed by atoms with Crippen molar-refractivity contribution in [2.75, 3.05) is 23.0 Å². The number of nitrogen functional groups attached to an aromatic ring is 1. The van der Waals surface area contributed by atoms with Gasteiger partial charge in [-0.05, 0) is 29.8 Å². The molecular weight excluding hydrogens is 356 g/mol. The topological polar surface area (TPSA) is 115 Å². The quantitative estimate of drug-likeness (QED) is 0.544. The number of hydrogen-bond donors (Lipinski definition) is 3. The number of carbonyl (C=O) groups excluding carboxylic acids is 1. The molecule has 0 spiro atoms. The summed E-state index contributed by atoms with van der Waals surface area (Å²) in [6, 6.07) is 11.1. The first-order valence-corrected chi connectivity index (χ1v) is 8.38. The monoisotopic (exact) mass is 374 g/mol. The zero-order valence-corrected chi connectivity index (χ0v) is 14.9. The molecule has 0 saturated carbocycles. The van der Waals surface area contributed by atoms with Gasteiger partial charge in [0.05, 0.1) is 18.1 Å². The van der Waals surface area contributed by atoms with Gasteiger partial charge in [0.25, 0.3) is 5.91 Å². The summed E-state index contributed by atoms with van der Waals surface area (Å²) in [4.78, 5) is 24.4. The molecular formula is C20H18N6O2. The van der Waals surface area contributed by atoms with Crippen molar-refractivity contribution in [3.8, 4) is 18.2 Å². The van der Waals surface area contributed by atoms with Crippen molar-refractivity contribution >= 4 is 23.1 Å². The smallest absolute Gasteiger partial charge is 0.275 e. The number of carbonyl (C=O) groups is 1. The lowest BCUT2D eigenvalue weighted by Gasteiger charge is -2.10. The van der Waals surface area contributed by atoms with E-state index in [1.165, 1.54) is 12.4 Å². The van der Waals surface area contributed by atoms with E-state index in [0.29, 0.717) is 18.1 Å². The molecule has 0 fully saturated rings. The molecule has 28 heavy (non-hydrogen) atoms. The van der Waals surface area contributed by atoms with E-state index in [9.17, 15) is 4.79 Å². The predicted octanol–water partition coefficient (Wildman–Crippen LogP) is 2.33. The van der Waals surface area contributed by atoms with Crippen LogP contribution >= 0.6 is 0 Å². The lowest BCUT2D eigenvalue weighted by molar-refractivity contribution is 0.102. The van der Waals surface area contributed by atoms with E-state index in [4.69, 9.17) is 16.9 Å². The maximum Gasteiger partial charge on any atom is 0.275 e. The van der Waals surface area contributed by atoms with Crippen molar-refractivity contribution in [2.24, 2.45) is 0 Å². The Labute approximate surface area is 162 Å². The van der Waals surface area contributed by atoms with Gasteiger partial charge in [-0.3, -0.25) is 4.79 Å². The van der Waals surface area contributed by atoms with E-state index in [0.717, 1.165) is 11.3 Å². The summed E-state index contributed by atoms with van der Waals surface area (Å²) in [5.74, 6) is 2.65. The lowest BCUT2D eigenvalue weighted by atomic mass is 10.2. The largest absolute Gasteiger partial charge is 0.463 e. The van der Waals surface area contributed by atoms with Gasteiger partial charge in [-0.1, -0.05) is 18.1 Å². The number of rotatable bonds is 7. The Balaban J connectivity index is 1.61. The summed E-state index contributed by atoms with van der Waals surface area (Å²) in [6.45, 7) is 0.617. The molecule has 2 heterocycles. The molecule has 8 nitrogen and oxygen atoms in total. The zero-order chi connectivity index (χ0) is 19.8. The molecule has 1 amide bonds. The van der Waals surface area contributed by atoms with Gasteiger partial charge in [0.2, 0.25) is 5.88 Å². The Kier molecular flexibility index (Phi) is 6.00. The van der Waals surface area contributed by atoms with E-state index < -0.39 is 0 Å². The van der Waals surface area contributed by atoms with Crippen molar-refractivity contribution in [2.45, 2.75) is 6.54 Å². The first kappa shape index (κ1) is 18.7. The van der Waals surface area contributed by atoms with Gasteiger partial charge >= 0.3 is 0 Å². The molecule has 8 heteroatoms. The molecule has 0 aliphatic heterocycles. The van der Waals surface area contributed by atoms with Gasteiger partial charge in [-0.15, -0.1) is 6.42 Å². The van der Waals surface area contributed by atoms with E-state index in [1.807, 2.05) is 24.3 Å². The number of nitrogens with zero attached hydrogens (tertiary/aromatic N) is 3. The van der Waals surface area contributed by atoms with Crippen molar-refractivity contribution in [1.29, 1.82) is 0 Å². The fourth-order valence-electron chi connectivity index (χ4n) is 2.34. The molecule has 3 rings (SSSR count). The molecule has 1 aromatic carbocycles. The lowest BCUT2D eigenvalue weighted by Crippen LogP contribution is -2.14. The van der Waals surface area contributed by atoms with Crippen LogP contribution in [0.1, 0.15) is 16.1 Å². The summed E-state index contributed by atoms with van der Waals surface area (Å²) in [7, 11) is 0. The molecule has 0 radical (unpaired) electrons. The van der Waals surface area contributed by atoms with Crippen LogP contribution in [0.25, 0.3) is 0 Å². The molecule has 140 valence electrons. The van der Waals surface area contributed by atoms with E-state index in [-0.39, 0.29) is 24.1 Å². The fourth-order valence-corrected chi connectivity index (χ4v) is 2.34. The van der Waals surface area contributed by atoms with Crippen LogP contribution in [0.15, 0.2) is 55.0 Å². The highest BCUT2D eigenvalue weighted by atomic mass is 16.5. The average Bonchev–Trinajstić information content (AvgIpc) is 2.72. The normalized spacial score (nSPS) is 9.96. The van der Waals surface area contributed by atoms with Crippen LogP contribution in [0, 0.1) is 12.3 Å². The third-order valence-electron chi connectivity index (χ3n) is 3.67. The highest BCUT2D eigenvalue weighted by Crippen LogP contribution is 2.17. The van der Waals surface area contributed by atoms with Crippen LogP contribution in [0.4, 0.5) is 17.2 Å².